The molecule has 2 heterocycles. The topological polar surface area (TPSA) is 81.1 Å². The molecule has 1 aliphatic heterocycles. The Morgan fingerprint density at radius 1 is 1.36 bits per heavy atom. The van der Waals surface area contributed by atoms with Gasteiger partial charge in [0.05, 0.1) is 18.1 Å². The smallest absolute Gasteiger partial charge is 0.406 e. The SMILES string of the molecule is Cc1nc2n(n1)CC(NC(=O)NC1(c3cccc(OC(F)(F)F)c3)CC1)CC2. The summed E-state index contributed by atoms with van der Waals surface area (Å²) in [5.74, 6) is 1.33. The molecule has 1 unspecified atom stereocenters. The van der Waals surface area contributed by atoms with E-state index in [9.17, 15) is 18.0 Å². The fraction of sp³-hybridized carbons (Fsp3) is 0.500. The number of nitrogens with one attached hydrogen (secondary N) is 2. The van der Waals surface area contributed by atoms with Gasteiger partial charge in [0.2, 0.25) is 0 Å². The van der Waals surface area contributed by atoms with Crippen LogP contribution in [0.4, 0.5) is 18.0 Å². The van der Waals surface area contributed by atoms with Crippen molar-refractivity contribution >= 4 is 6.03 Å². The lowest BCUT2D eigenvalue weighted by molar-refractivity contribution is -0.274. The zero-order valence-corrected chi connectivity index (χ0v) is 15.2. The number of hydrogen-bond acceptors (Lipinski definition) is 4. The predicted octanol–water partition coefficient (Wildman–Crippen LogP) is 2.79. The summed E-state index contributed by atoms with van der Waals surface area (Å²) in [6, 6.07) is 5.33. The van der Waals surface area contributed by atoms with Crippen LogP contribution >= 0.6 is 0 Å². The van der Waals surface area contributed by atoms with Crippen LogP contribution in [0.25, 0.3) is 0 Å². The molecule has 7 nitrogen and oxygen atoms in total. The summed E-state index contributed by atoms with van der Waals surface area (Å²) in [6.45, 7) is 2.37. The van der Waals surface area contributed by atoms with Crippen LogP contribution in [0, 0.1) is 6.92 Å². The second-order valence-electron chi connectivity index (χ2n) is 7.25. The van der Waals surface area contributed by atoms with Gasteiger partial charge in [0.15, 0.2) is 0 Å². The van der Waals surface area contributed by atoms with Crippen molar-refractivity contribution in [2.75, 3.05) is 0 Å². The van der Waals surface area contributed by atoms with E-state index in [2.05, 4.69) is 25.5 Å². The van der Waals surface area contributed by atoms with Crippen molar-refractivity contribution in [3.8, 4) is 5.75 Å². The van der Waals surface area contributed by atoms with E-state index < -0.39 is 11.9 Å². The molecule has 1 aliphatic carbocycles. The van der Waals surface area contributed by atoms with Crippen molar-refractivity contribution in [3.05, 3.63) is 41.5 Å². The second-order valence-corrected chi connectivity index (χ2v) is 7.25. The molecule has 10 heteroatoms. The number of carbonyl (C=O) groups is 1. The number of aromatic nitrogens is 3. The van der Waals surface area contributed by atoms with E-state index in [1.807, 2.05) is 6.92 Å². The van der Waals surface area contributed by atoms with Gasteiger partial charge in [0, 0.05) is 6.42 Å². The van der Waals surface area contributed by atoms with Gasteiger partial charge in [0.1, 0.15) is 17.4 Å². The summed E-state index contributed by atoms with van der Waals surface area (Å²) < 4.78 is 43.1. The fourth-order valence-corrected chi connectivity index (χ4v) is 3.59. The van der Waals surface area contributed by atoms with Gasteiger partial charge in [-0.1, -0.05) is 12.1 Å². The van der Waals surface area contributed by atoms with Gasteiger partial charge in [-0.25, -0.2) is 14.5 Å². The quantitative estimate of drug-likeness (QED) is 0.834. The molecule has 0 radical (unpaired) electrons. The highest BCUT2D eigenvalue weighted by Gasteiger charge is 2.46. The molecule has 1 aromatic carbocycles. The van der Waals surface area contributed by atoms with Crippen LogP contribution in [-0.2, 0) is 18.5 Å². The normalized spacial score (nSPS) is 20.2. The first-order valence-electron chi connectivity index (χ1n) is 9.08. The van der Waals surface area contributed by atoms with Crippen molar-refractivity contribution < 1.29 is 22.7 Å². The molecule has 0 saturated heterocycles. The molecular weight excluding hydrogens is 375 g/mol. The first-order chi connectivity index (χ1) is 13.2. The molecule has 1 aromatic heterocycles. The molecule has 2 N–H and O–H groups in total. The average Bonchev–Trinajstić information content (AvgIpc) is 3.27. The Morgan fingerprint density at radius 3 is 2.86 bits per heavy atom. The highest BCUT2D eigenvalue weighted by Crippen LogP contribution is 2.46. The van der Waals surface area contributed by atoms with E-state index in [1.54, 1.807) is 10.7 Å². The second kappa shape index (κ2) is 6.68. The Kier molecular flexibility index (Phi) is 4.43. The Balaban J connectivity index is 1.39. The maximum atomic E-state index is 12.5. The minimum Gasteiger partial charge on any atom is -0.406 e. The zero-order chi connectivity index (χ0) is 19.9. The van der Waals surface area contributed by atoms with Gasteiger partial charge < -0.3 is 15.4 Å². The largest absolute Gasteiger partial charge is 0.573 e. The standard InChI is InChI=1S/C18H20F3N5O2/c1-11-22-15-6-5-13(10-26(15)25-11)23-16(27)24-17(7-8-17)12-3-2-4-14(9-12)28-18(19,20)21/h2-4,9,13H,5-8,10H2,1H3,(H2,23,24,27). The van der Waals surface area contributed by atoms with Crippen LogP contribution < -0.4 is 15.4 Å². The van der Waals surface area contributed by atoms with Gasteiger partial charge in [0.25, 0.3) is 0 Å². The summed E-state index contributed by atoms with van der Waals surface area (Å²) in [5.41, 5.74) is -0.0548. The number of hydrogen-bond donors (Lipinski definition) is 2. The number of nitrogens with zero attached hydrogens (tertiary/aromatic N) is 3. The van der Waals surface area contributed by atoms with Gasteiger partial charge in [-0.3, -0.25) is 0 Å². The maximum absolute atomic E-state index is 12.5. The van der Waals surface area contributed by atoms with Crippen molar-refractivity contribution in [2.45, 2.75) is 57.1 Å². The van der Waals surface area contributed by atoms with Crippen molar-refractivity contribution in [3.63, 3.8) is 0 Å². The number of aryl methyl sites for hydroxylation is 2. The summed E-state index contributed by atoms with van der Waals surface area (Å²) in [5, 5.41) is 10.2. The lowest BCUT2D eigenvalue weighted by atomic mass is 10.0. The molecule has 28 heavy (non-hydrogen) atoms. The van der Waals surface area contributed by atoms with E-state index in [0.717, 1.165) is 18.7 Å². The number of rotatable bonds is 4. The third-order valence-corrected chi connectivity index (χ3v) is 5.02. The Labute approximate surface area is 159 Å². The summed E-state index contributed by atoms with van der Waals surface area (Å²) in [6.07, 6.45) is -1.94. The first kappa shape index (κ1) is 18.6. The molecule has 1 atom stereocenters. The molecule has 1 fully saturated rings. The number of amides is 2. The van der Waals surface area contributed by atoms with E-state index in [4.69, 9.17) is 0 Å². The van der Waals surface area contributed by atoms with E-state index >= 15 is 0 Å². The summed E-state index contributed by atoms with van der Waals surface area (Å²) in [7, 11) is 0. The highest BCUT2D eigenvalue weighted by atomic mass is 19.4. The minimum atomic E-state index is -4.75. The molecule has 0 bridgehead atoms. The molecule has 2 amide bonds. The predicted molar refractivity (Wildman–Crippen MR) is 92.6 cm³/mol. The molecular formula is C18H20F3N5O2. The Morgan fingerprint density at radius 2 is 2.14 bits per heavy atom. The van der Waals surface area contributed by atoms with E-state index in [1.165, 1.54) is 18.2 Å². The third-order valence-electron chi connectivity index (χ3n) is 5.02. The maximum Gasteiger partial charge on any atom is 0.573 e. The van der Waals surface area contributed by atoms with Crippen LogP contribution in [0.1, 0.15) is 36.5 Å². The number of urea groups is 1. The highest BCUT2D eigenvalue weighted by molar-refractivity contribution is 5.76. The molecule has 4 rings (SSSR count). The lowest BCUT2D eigenvalue weighted by Gasteiger charge is -2.26. The fourth-order valence-electron chi connectivity index (χ4n) is 3.59. The summed E-state index contributed by atoms with van der Waals surface area (Å²) in [4.78, 5) is 16.8. The minimum absolute atomic E-state index is 0.0794. The number of alkyl halides is 3. The Hall–Kier alpha value is -2.78. The number of halogens is 3. The van der Waals surface area contributed by atoms with Crippen molar-refractivity contribution in [1.29, 1.82) is 0 Å². The number of carbonyl (C=O) groups excluding carboxylic acids is 1. The average molecular weight is 395 g/mol. The molecule has 1 saturated carbocycles. The van der Waals surface area contributed by atoms with Gasteiger partial charge in [-0.2, -0.15) is 5.10 Å². The van der Waals surface area contributed by atoms with Gasteiger partial charge in [-0.05, 0) is 43.9 Å². The van der Waals surface area contributed by atoms with Crippen LogP contribution in [0.15, 0.2) is 24.3 Å². The van der Waals surface area contributed by atoms with Crippen LogP contribution in [-0.4, -0.2) is 33.2 Å². The summed E-state index contributed by atoms with van der Waals surface area (Å²) >= 11 is 0. The van der Waals surface area contributed by atoms with Crippen LogP contribution in [0.5, 0.6) is 5.75 Å². The van der Waals surface area contributed by atoms with Crippen LogP contribution in [0.2, 0.25) is 0 Å². The van der Waals surface area contributed by atoms with Gasteiger partial charge in [-0.15, -0.1) is 13.2 Å². The van der Waals surface area contributed by atoms with Crippen molar-refractivity contribution in [1.82, 2.24) is 25.4 Å². The molecule has 2 aromatic rings. The van der Waals surface area contributed by atoms with Gasteiger partial charge >= 0.3 is 12.4 Å². The third kappa shape index (κ3) is 4.05. The molecule has 2 aliphatic rings. The Bertz CT molecular complexity index is 892. The van der Waals surface area contributed by atoms with E-state index in [0.29, 0.717) is 30.8 Å². The number of benzene rings is 1. The number of ether oxygens (including phenoxy) is 1. The van der Waals surface area contributed by atoms with Crippen molar-refractivity contribution in [2.24, 2.45) is 0 Å². The number of fused-ring (bicyclic) bond motifs is 1. The molecule has 150 valence electrons. The molecule has 0 spiro atoms. The first-order valence-corrected chi connectivity index (χ1v) is 9.08. The zero-order valence-electron chi connectivity index (χ0n) is 15.2. The lowest BCUT2D eigenvalue weighted by Crippen LogP contribution is -2.49. The van der Waals surface area contributed by atoms with E-state index in [-0.39, 0.29) is 17.8 Å². The van der Waals surface area contributed by atoms with Crippen LogP contribution in [0.3, 0.4) is 0 Å². The monoisotopic (exact) mass is 395 g/mol.